The molecular formula is C12H19NO3. The number of hydrogen-bond acceptors (Lipinski definition) is 2. The molecule has 1 saturated carbocycles. The molecule has 1 amide bonds. The average molecular weight is 225 g/mol. The van der Waals surface area contributed by atoms with Gasteiger partial charge >= 0.3 is 5.97 Å². The molecule has 0 radical (unpaired) electrons. The Bertz CT molecular complexity index is 303. The van der Waals surface area contributed by atoms with Crippen LogP contribution in [-0.2, 0) is 9.59 Å². The molecule has 1 aliphatic heterocycles. The molecule has 0 aromatic rings. The molecule has 0 spiro atoms. The maximum Gasteiger partial charge on any atom is 0.307 e. The minimum Gasteiger partial charge on any atom is -0.481 e. The molecule has 2 aliphatic rings. The molecule has 0 aromatic carbocycles. The molecule has 1 heterocycles. The Hall–Kier alpha value is -1.06. The first-order chi connectivity index (χ1) is 7.59. The van der Waals surface area contributed by atoms with Crippen molar-refractivity contribution in [2.75, 3.05) is 13.1 Å². The van der Waals surface area contributed by atoms with Crippen LogP contribution in [0.2, 0.25) is 0 Å². The van der Waals surface area contributed by atoms with Crippen LogP contribution in [0.1, 0.15) is 32.6 Å². The van der Waals surface area contributed by atoms with Gasteiger partial charge in [-0.25, -0.2) is 0 Å². The maximum absolute atomic E-state index is 12.0. The molecule has 1 saturated heterocycles. The second-order valence-electron chi connectivity index (χ2n) is 5.15. The second kappa shape index (κ2) is 4.44. The molecule has 90 valence electrons. The molecule has 0 aromatic heterocycles. The summed E-state index contributed by atoms with van der Waals surface area (Å²) in [6.07, 6.45) is 3.82. The highest BCUT2D eigenvalue weighted by Gasteiger charge is 2.49. The molecule has 4 nitrogen and oxygen atoms in total. The summed E-state index contributed by atoms with van der Waals surface area (Å²) in [5.41, 5.74) is 0. The van der Waals surface area contributed by atoms with Crippen LogP contribution < -0.4 is 0 Å². The molecule has 3 unspecified atom stereocenters. The van der Waals surface area contributed by atoms with E-state index in [0.717, 1.165) is 25.9 Å². The highest BCUT2D eigenvalue weighted by molar-refractivity contribution is 5.89. The first-order valence-electron chi connectivity index (χ1n) is 6.11. The van der Waals surface area contributed by atoms with Gasteiger partial charge in [-0.2, -0.15) is 0 Å². The van der Waals surface area contributed by atoms with Crippen molar-refractivity contribution >= 4 is 11.9 Å². The van der Waals surface area contributed by atoms with Gasteiger partial charge in [-0.15, -0.1) is 0 Å². The third kappa shape index (κ3) is 2.36. The highest BCUT2D eigenvalue weighted by Crippen LogP contribution is 2.40. The number of hydrogen-bond donors (Lipinski definition) is 1. The highest BCUT2D eigenvalue weighted by atomic mass is 16.4. The maximum atomic E-state index is 12.0. The number of carboxylic acids is 1. The number of aliphatic carboxylic acids is 1. The molecule has 2 fully saturated rings. The summed E-state index contributed by atoms with van der Waals surface area (Å²) < 4.78 is 0. The summed E-state index contributed by atoms with van der Waals surface area (Å²) in [5, 5.41) is 8.80. The minimum absolute atomic E-state index is 0.0708. The van der Waals surface area contributed by atoms with Crippen LogP contribution >= 0.6 is 0 Å². The van der Waals surface area contributed by atoms with Crippen molar-refractivity contribution < 1.29 is 14.7 Å². The van der Waals surface area contributed by atoms with E-state index >= 15 is 0 Å². The van der Waals surface area contributed by atoms with Crippen molar-refractivity contribution in [3.8, 4) is 0 Å². The Labute approximate surface area is 95.6 Å². The molecule has 16 heavy (non-hydrogen) atoms. The van der Waals surface area contributed by atoms with Gasteiger partial charge in [0.1, 0.15) is 0 Å². The Morgan fingerprint density at radius 1 is 1.19 bits per heavy atom. The Balaban J connectivity index is 1.88. The van der Waals surface area contributed by atoms with E-state index in [1.165, 1.54) is 6.42 Å². The van der Waals surface area contributed by atoms with Crippen LogP contribution in [-0.4, -0.2) is 35.0 Å². The zero-order valence-electron chi connectivity index (χ0n) is 9.69. The smallest absolute Gasteiger partial charge is 0.307 e. The van der Waals surface area contributed by atoms with Crippen LogP contribution in [0, 0.1) is 17.8 Å². The fourth-order valence-corrected chi connectivity index (χ4v) is 2.46. The van der Waals surface area contributed by atoms with Gasteiger partial charge in [0.25, 0.3) is 0 Å². The van der Waals surface area contributed by atoms with E-state index < -0.39 is 11.9 Å². The average Bonchev–Trinajstić information content (AvgIpc) is 3.00. The standard InChI is InChI=1S/C12H19NO3/c1-8-3-2-5-13(6-4-8)11(14)9-7-10(9)12(15)16/h8-10H,2-7H2,1H3,(H,15,16). The van der Waals surface area contributed by atoms with Crippen molar-refractivity contribution in [3.63, 3.8) is 0 Å². The summed E-state index contributed by atoms with van der Waals surface area (Å²) in [6, 6.07) is 0. The predicted molar refractivity (Wildman–Crippen MR) is 58.8 cm³/mol. The number of amides is 1. The summed E-state index contributed by atoms with van der Waals surface area (Å²) in [5.74, 6) is -0.700. The van der Waals surface area contributed by atoms with E-state index in [2.05, 4.69) is 6.92 Å². The third-order valence-corrected chi connectivity index (χ3v) is 3.75. The number of carbonyl (C=O) groups excluding carboxylic acids is 1. The van der Waals surface area contributed by atoms with Crippen LogP contribution in [0.4, 0.5) is 0 Å². The van der Waals surface area contributed by atoms with Crippen LogP contribution in [0.25, 0.3) is 0 Å². The Kier molecular flexibility index (Phi) is 3.17. The summed E-state index contributed by atoms with van der Waals surface area (Å²) in [7, 11) is 0. The largest absolute Gasteiger partial charge is 0.481 e. The summed E-state index contributed by atoms with van der Waals surface area (Å²) in [4.78, 5) is 24.6. The van der Waals surface area contributed by atoms with Crippen molar-refractivity contribution in [2.45, 2.75) is 32.6 Å². The van der Waals surface area contributed by atoms with E-state index in [1.54, 1.807) is 0 Å². The van der Waals surface area contributed by atoms with Crippen molar-refractivity contribution in [2.24, 2.45) is 17.8 Å². The zero-order chi connectivity index (χ0) is 11.7. The minimum atomic E-state index is -0.818. The lowest BCUT2D eigenvalue weighted by molar-refractivity contribution is -0.142. The van der Waals surface area contributed by atoms with Gasteiger partial charge in [0, 0.05) is 13.1 Å². The fraction of sp³-hybridized carbons (Fsp3) is 0.833. The van der Waals surface area contributed by atoms with E-state index in [1.807, 2.05) is 4.90 Å². The lowest BCUT2D eigenvalue weighted by Gasteiger charge is -2.20. The van der Waals surface area contributed by atoms with Crippen molar-refractivity contribution in [3.05, 3.63) is 0 Å². The van der Waals surface area contributed by atoms with Crippen molar-refractivity contribution in [1.29, 1.82) is 0 Å². The normalized spacial score (nSPS) is 34.3. The van der Waals surface area contributed by atoms with Gasteiger partial charge in [-0.1, -0.05) is 6.92 Å². The van der Waals surface area contributed by atoms with Crippen molar-refractivity contribution in [1.82, 2.24) is 4.90 Å². The number of rotatable bonds is 2. The third-order valence-electron chi connectivity index (χ3n) is 3.75. The lowest BCUT2D eigenvalue weighted by atomic mass is 10.0. The zero-order valence-corrected chi connectivity index (χ0v) is 9.69. The van der Waals surface area contributed by atoms with Crippen LogP contribution in [0.5, 0.6) is 0 Å². The molecular weight excluding hydrogens is 206 g/mol. The molecule has 1 aliphatic carbocycles. The quantitative estimate of drug-likeness (QED) is 0.772. The van der Waals surface area contributed by atoms with E-state index in [9.17, 15) is 9.59 Å². The van der Waals surface area contributed by atoms with Crippen LogP contribution in [0.15, 0.2) is 0 Å². The first-order valence-corrected chi connectivity index (χ1v) is 6.11. The number of carboxylic acid groups (broad SMARTS) is 1. The molecule has 4 heteroatoms. The second-order valence-corrected chi connectivity index (χ2v) is 5.15. The van der Waals surface area contributed by atoms with E-state index in [4.69, 9.17) is 5.11 Å². The van der Waals surface area contributed by atoms with E-state index in [0.29, 0.717) is 12.3 Å². The molecule has 2 rings (SSSR count). The molecule has 0 bridgehead atoms. The molecule has 3 atom stereocenters. The van der Waals surface area contributed by atoms with Gasteiger partial charge in [0.2, 0.25) is 5.91 Å². The van der Waals surface area contributed by atoms with Gasteiger partial charge in [-0.05, 0) is 31.6 Å². The Morgan fingerprint density at radius 2 is 1.94 bits per heavy atom. The van der Waals surface area contributed by atoms with Gasteiger partial charge < -0.3 is 10.0 Å². The number of likely N-dealkylation sites (tertiary alicyclic amines) is 1. The predicted octanol–water partition coefficient (Wildman–Crippen LogP) is 1.36. The number of nitrogens with zero attached hydrogens (tertiary/aromatic N) is 1. The summed E-state index contributed by atoms with van der Waals surface area (Å²) >= 11 is 0. The van der Waals surface area contributed by atoms with Gasteiger partial charge in [-0.3, -0.25) is 9.59 Å². The van der Waals surface area contributed by atoms with Gasteiger partial charge in [0.15, 0.2) is 0 Å². The fourth-order valence-electron chi connectivity index (χ4n) is 2.46. The summed E-state index contributed by atoms with van der Waals surface area (Å²) in [6.45, 7) is 3.83. The van der Waals surface area contributed by atoms with Gasteiger partial charge in [0.05, 0.1) is 11.8 Å². The number of carbonyl (C=O) groups is 2. The molecule has 1 N–H and O–H groups in total. The topological polar surface area (TPSA) is 57.6 Å². The van der Waals surface area contributed by atoms with Crippen LogP contribution in [0.3, 0.4) is 0 Å². The SMILES string of the molecule is CC1CCCN(C(=O)C2CC2C(=O)O)CC1. The Morgan fingerprint density at radius 3 is 2.56 bits per heavy atom. The van der Waals surface area contributed by atoms with E-state index in [-0.39, 0.29) is 11.8 Å². The monoisotopic (exact) mass is 225 g/mol. The lowest BCUT2D eigenvalue weighted by Crippen LogP contribution is -2.34. The first kappa shape index (κ1) is 11.4.